The number of allylic oxidation sites excluding steroid dienone is 2. The van der Waals surface area contributed by atoms with Crippen molar-refractivity contribution in [3.63, 3.8) is 0 Å². The van der Waals surface area contributed by atoms with Gasteiger partial charge in [0.05, 0.1) is 18.1 Å². The van der Waals surface area contributed by atoms with Crippen LogP contribution in [-0.4, -0.2) is 30.6 Å². The minimum atomic E-state index is -0.602. The van der Waals surface area contributed by atoms with Gasteiger partial charge in [0, 0.05) is 6.54 Å². The summed E-state index contributed by atoms with van der Waals surface area (Å²) in [7, 11) is 0. The maximum Gasteiger partial charge on any atom is 0.338 e. The largest absolute Gasteiger partial charge is 0.463 e. The van der Waals surface area contributed by atoms with Crippen LogP contribution < -0.4 is 5.73 Å². The van der Waals surface area contributed by atoms with E-state index in [1.54, 1.807) is 13.8 Å². The van der Waals surface area contributed by atoms with E-state index in [2.05, 4.69) is 24.8 Å². The summed E-state index contributed by atoms with van der Waals surface area (Å²) in [6.07, 6.45) is 0. The van der Waals surface area contributed by atoms with Crippen LogP contribution in [0.25, 0.3) is 0 Å². The summed E-state index contributed by atoms with van der Waals surface area (Å²) in [5.74, 6) is -0.689. The molecule has 1 aliphatic rings. The zero-order chi connectivity index (χ0) is 20.0. The SMILES string of the molecule is CCOC(=O)C1=C(C)OC(N)=C(C#N)C1c1ccccc1CN(CC)CC. The summed E-state index contributed by atoms with van der Waals surface area (Å²) >= 11 is 0. The molecule has 0 aromatic heterocycles. The number of carbonyl (C=O) groups is 1. The first-order valence-electron chi connectivity index (χ1n) is 9.23. The Balaban J connectivity index is 2.62. The molecule has 2 rings (SSSR count). The molecular formula is C21H27N3O3. The van der Waals surface area contributed by atoms with Crippen LogP contribution in [0.4, 0.5) is 0 Å². The summed E-state index contributed by atoms with van der Waals surface area (Å²) in [4.78, 5) is 14.9. The minimum Gasteiger partial charge on any atom is -0.463 e. The highest BCUT2D eigenvalue weighted by atomic mass is 16.5. The number of hydrogen-bond donors (Lipinski definition) is 1. The molecule has 1 aromatic rings. The average molecular weight is 369 g/mol. The van der Waals surface area contributed by atoms with E-state index in [1.165, 1.54) is 0 Å². The number of carbonyl (C=O) groups excluding carboxylic acids is 1. The number of benzene rings is 1. The van der Waals surface area contributed by atoms with E-state index in [1.807, 2.05) is 24.3 Å². The summed E-state index contributed by atoms with van der Waals surface area (Å²) < 4.78 is 10.7. The molecular weight excluding hydrogens is 342 g/mol. The summed E-state index contributed by atoms with van der Waals surface area (Å²) in [6.45, 7) is 10.4. The van der Waals surface area contributed by atoms with Crippen molar-refractivity contribution in [3.8, 4) is 6.07 Å². The van der Waals surface area contributed by atoms with Crippen LogP contribution in [0, 0.1) is 11.3 Å². The van der Waals surface area contributed by atoms with Crippen molar-refractivity contribution in [2.45, 2.75) is 40.2 Å². The van der Waals surface area contributed by atoms with Gasteiger partial charge in [-0.25, -0.2) is 4.79 Å². The number of ether oxygens (including phenoxy) is 2. The molecule has 6 heteroatoms. The van der Waals surface area contributed by atoms with Gasteiger partial charge in [-0.3, -0.25) is 4.90 Å². The van der Waals surface area contributed by atoms with E-state index in [4.69, 9.17) is 15.2 Å². The highest BCUT2D eigenvalue weighted by Gasteiger charge is 2.37. The van der Waals surface area contributed by atoms with E-state index in [0.29, 0.717) is 17.9 Å². The number of nitriles is 1. The number of rotatable bonds is 7. The molecule has 2 N–H and O–H groups in total. The molecule has 0 spiro atoms. The van der Waals surface area contributed by atoms with Crippen molar-refractivity contribution >= 4 is 5.97 Å². The van der Waals surface area contributed by atoms with Crippen LogP contribution >= 0.6 is 0 Å². The maximum absolute atomic E-state index is 12.7. The number of nitrogens with zero attached hydrogens (tertiary/aromatic N) is 2. The van der Waals surface area contributed by atoms with E-state index < -0.39 is 11.9 Å². The zero-order valence-electron chi connectivity index (χ0n) is 16.4. The molecule has 0 saturated carbocycles. The smallest absolute Gasteiger partial charge is 0.338 e. The molecule has 1 heterocycles. The maximum atomic E-state index is 12.7. The Morgan fingerprint density at radius 2 is 1.96 bits per heavy atom. The van der Waals surface area contributed by atoms with Crippen molar-refractivity contribution in [2.75, 3.05) is 19.7 Å². The Kier molecular flexibility index (Phi) is 7.03. The van der Waals surface area contributed by atoms with E-state index in [-0.39, 0.29) is 18.1 Å². The molecule has 1 atom stereocenters. The minimum absolute atomic E-state index is 0.0330. The number of nitrogens with two attached hydrogens (primary N) is 1. The van der Waals surface area contributed by atoms with Gasteiger partial charge in [-0.15, -0.1) is 0 Å². The predicted molar refractivity (Wildman–Crippen MR) is 103 cm³/mol. The Hall–Kier alpha value is -2.78. The first kappa shape index (κ1) is 20.5. The molecule has 0 aliphatic carbocycles. The molecule has 0 radical (unpaired) electrons. The molecule has 1 unspecified atom stereocenters. The quantitative estimate of drug-likeness (QED) is 0.743. The molecule has 1 aromatic carbocycles. The van der Waals surface area contributed by atoms with Gasteiger partial charge < -0.3 is 15.2 Å². The topological polar surface area (TPSA) is 88.6 Å². The second-order valence-corrected chi connectivity index (χ2v) is 6.28. The summed E-state index contributed by atoms with van der Waals surface area (Å²) in [5, 5.41) is 9.72. The van der Waals surface area contributed by atoms with Gasteiger partial charge in [0.25, 0.3) is 0 Å². The van der Waals surface area contributed by atoms with Gasteiger partial charge >= 0.3 is 5.97 Å². The molecule has 144 valence electrons. The van der Waals surface area contributed by atoms with Gasteiger partial charge in [-0.1, -0.05) is 38.1 Å². The predicted octanol–water partition coefficient (Wildman–Crippen LogP) is 3.17. The van der Waals surface area contributed by atoms with Crippen LogP contribution in [0.5, 0.6) is 0 Å². The Bertz CT molecular complexity index is 801. The Labute approximate surface area is 160 Å². The normalized spacial score (nSPS) is 17.0. The third kappa shape index (κ3) is 4.32. The van der Waals surface area contributed by atoms with Crippen molar-refractivity contribution in [1.29, 1.82) is 5.26 Å². The second kappa shape index (κ2) is 9.24. The highest BCUT2D eigenvalue weighted by Crippen LogP contribution is 2.41. The Morgan fingerprint density at radius 1 is 1.30 bits per heavy atom. The van der Waals surface area contributed by atoms with Crippen LogP contribution in [0.1, 0.15) is 44.7 Å². The van der Waals surface area contributed by atoms with Gasteiger partial charge in [-0.05, 0) is 38.1 Å². The zero-order valence-corrected chi connectivity index (χ0v) is 16.4. The fourth-order valence-electron chi connectivity index (χ4n) is 3.31. The van der Waals surface area contributed by atoms with Gasteiger partial charge in [0.2, 0.25) is 5.88 Å². The van der Waals surface area contributed by atoms with E-state index >= 15 is 0 Å². The lowest BCUT2D eigenvalue weighted by Crippen LogP contribution is -2.28. The lowest BCUT2D eigenvalue weighted by Gasteiger charge is -2.29. The fraction of sp³-hybridized carbons (Fsp3) is 0.429. The van der Waals surface area contributed by atoms with Crippen molar-refractivity contribution in [3.05, 3.63) is 58.2 Å². The van der Waals surface area contributed by atoms with E-state index in [0.717, 1.165) is 24.2 Å². The van der Waals surface area contributed by atoms with Gasteiger partial charge in [0.15, 0.2) is 0 Å². The standard InChI is InChI=1S/C21H27N3O3/c1-5-24(6-2)13-15-10-8-9-11-16(15)19-17(12-22)20(23)27-14(4)18(19)21(25)26-7-3/h8-11,19H,5-7,13,23H2,1-4H3. The third-order valence-electron chi connectivity index (χ3n) is 4.76. The van der Waals surface area contributed by atoms with Crippen LogP contribution in [0.15, 0.2) is 47.1 Å². The van der Waals surface area contributed by atoms with Gasteiger partial charge in [-0.2, -0.15) is 5.26 Å². The molecule has 0 bridgehead atoms. The van der Waals surface area contributed by atoms with Crippen molar-refractivity contribution < 1.29 is 14.3 Å². The molecule has 6 nitrogen and oxygen atoms in total. The van der Waals surface area contributed by atoms with Crippen LogP contribution in [0.2, 0.25) is 0 Å². The van der Waals surface area contributed by atoms with Crippen molar-refractivity contribution in [1.82, 2.24) is 4.90 Å². The number of esters is 1. The average Bonchev–Trinajstić information content (AvgIpc) is 2.66. The second-order valence-electron chi connectivity index (χ2n) is 6.28. The monoisotopic (exact) mass is 369 g/mol. The van der Waals surface area contributed by atoms with Crippen molar-refractivity contribution in [2.24, 2.45) is 5.73 Å². The lowest BCUT2D eigenvalue weighted by molar-refractivity contribution is -0.139. The summed E-state index contributed by atoms with van der Waals surface area (Å²) in [5.41, 5.74) is 8.46. The van der Waals surface area contributed by atoms with Crippen LogP contribution in [-0.2, 0) is 20.8 Å². The Morgan fingerprint density at radius 3 is 2.56 bits per heavy atom. The number of hydrogen-bond acceptors (Lipinski definition) is 6. The van der Waals surface area contributed by atoms with Gasteiger partial charge in [0.1, 0.15) is 17.4 Å². The van der Waals surface area contributed by atoms with Crippen LogP contribution in [0.3, 0.4) is 0 Å². The third-order valence-corrected chi connectivity index (χ3v) is 4.76. The molecule has 0 amide bonds. The molecule has 27 heavy (non-hydrogen) atoms. The lowest BCUT2D eigenvalue weighted by atomic mass is 9.81. The highest BCUT2D eigenvalue weighted by molar-refractivity contribution is 5.92. The molecule has 0 fully saturated rings. The summed E-state index contributed by atoms with van der Waals surface area (Å²) in [6, 6.07) is 9.95. The molecule has 1 aliphatic heterocycles. The first-order chi connectivity index (χ1) is 13.0. The fourth-order valence-corrected chi connectivity index (χ4v) is 3.31. The molecule has 0 saturated heterocycles. The first-order valence-corrected chi connectivity index (χ1v) is 9.23. The van der Waals surface area contributed by atoms with E-state index in [9.17, 15) is 10.1 Å².